The summed E-state index contributed by atoms with van der Waals surface area (Å²) in [7, 11) is 0. The van der Waals surface area contributed by atoms with Crippen molar-refractivity contribution in [2.75, 3.05) is 0 Å². The van der Waals surface area contributed by atoms with Crippen LogP contribution in [0.1, 0.15) is 26.4 Å². The number of aryl methyl sites for hydroxylation is 2. The van der Waals surface area contributed by atoms with Crippen molar-refractivity contribution in [3.05, 3.63) is 62.0 Å². The summed E-state index contributed by atoms with van der Waals surface area (Å²) in [5.41, 5.74) is 3.10. The van der Waals surface area contributed by atoms with Crippen molar-refractivity contribution in [2.24, 2.45) is 0 Å². The van der Waals surface area contributed by atoms with E-state index < -0.39 is 10.9 Å². The molecule has 1 aromatic heterocycles. The number of benzene rings is 1. The first-order chi connectivity index (χ1) is 9.45. The predicted molar refractivity (Wildman–Crippen MR) is 76.0 cm³/mol. The van der Waals surface area contributed by atoms with E-state index in [1.807, 2.05) is 32.0 Å². The molecule has 0 amide bonds. The molecule has 0 aliphatic heterocycles. The van der Waals surface area contributed by atoms with Gasteiger partial charge in [-0.1, -0.05) is 40.7 Å². The number of hydrogen-bond acceptors (Lipinski definition) is 5. The van der Waals surface area contributed by atoms with Crippen molar-refractivity contribution < 1.29 is 14.5 Å². The molecule has 0 saturated carbocycles. The zero-order valence-electron chi connectivity index (χ0n) is 11.1. The standard InChI is InChI=1S/C14H13NO4S/c1-9-5-10(2)7-11(6-9)8-19-14(16)12-3-4-13(20-12)15(17)18/h3-7H,8H2,1-2H3. The van der Waals surface area contributed by atoms with E-state index in [2.05, 4.69) is 0 Å². The molecule has 1 aromatic carbocycles. The predicted octanol–water partition coefficient (Wildman–Crippen LogP) is 3.63. The van der Waals surface area contributed by atoms with Gasteiger partial charge in [0.2, 0.25) is 0 Å². The Morgan fingerprint density at radius 2 is 1.90 bits per heavy atom. The Kier molecular flexibility index (Phi) is 4.14. The van der Waals surface area contributed by atoms with Crippen LogP contribution in [0.5, 0.6) is 0 Å². The second-order valence-electron chi connectivity index (χ2n) is 4.47. The quantitative estimate of drug-likeness (QED) is 0.490. The van der Waals surface area contributed by atoms with Crippen LogP contribution >= 0.6 is 11.3 Å². The van der Waals surface area contributed by atoms with E-state index in [1.165, 1.54) is 12.1 Å². The van der Waals surface area contributed by atoms with Crippen LogP contribution in [0.25, 0.3) is 0 Å². The summed E-state index contributed by atoms with van der Waals surface area (Å²) in [5.74, 6) is -0.540. The molecular weight excluding hydrogens is 278 g/mol. The third-order valence-electron chi connectivity index (χ3n) is 2.62. The Hall–Kier alpha value is -2.21. The summed E-state index contributed by atoms with van der Waals surface area (Å²) >= 11 is 0.817. The topological polar surface area (TPSA) is 69.4 Å². The minimum atomic E-state index is -0.540. The number of esters is 1. The molecule has 0 fully saturated rings. The molecule has 0 N–H and O–H groups in total. The molecule has 0 saturated heterocycles. The third-order valence-corrected chi connectivity index (χ3v) is 3.64. The molecule has 20 heavy (non-hydrogen) atoms. The summed E-state index contributed by atoms with van der Waals surface area (Å²) in [5, 5.41) is 10.5. The first kappa shape index (κ1) is 14.2. The van der Waals surface area contributed by atoms with E-state index in [1.54, 1.807) is 0 Å². The lowest BCUT2D eigenvalue weighted by molar-refractivity contribution is -0.380. The normalized spacial score (nSPS) is 10.3. The first-order valence-corrected chi connectivity index (χ1v) is 6.76. The highest BCUT2D eigenvalue weighted by molar-refractivity contribution is 7.17. The number of thiophene rings is 1. The van der Waals surface area contributed by atoms with Gasteiger partial charge in [-0.05, 0) is 25.5 Å². The fourth-order valence-corrected chi connectivity index (χ4v) is 2.62. The van der Waals surface area contributed by atoms with Crippen LogP contribution in [0.4, 0.5) is 5.00 Å². The summed E-state index contributed by atoms with van der Waals surface area (Å²) in [6, 6.07) is 8.63. The third kappa shape index (κ3) is 3.42. The fraction of sp³-hybridized carbons (Fsp3) is 0.214. The van der Waals surface area contributed by atoms with Crippen LogP contribution in [0.3, 0.4) is 0 Å². The van der Waals surface area contributed by atoms with Gasteiger partial charge in [0.15, 0.2) is 0 Å². The molecule has 0 radical (unpaired) electrons. The summed E-state index contributed by atoms with van der Waals surface area (Å²) in [4.78, 5) is 22.1. The zero-order chi connectivity index (χ0) is 14.7. The maximum absolute atomic E-state index is 11.8. The molecule has 0 atom stereocenters. The molecule has 0 bridgehead atoms. The molecule has 5 nitrogen and oxygen atoms in total. The Bertz CT molecular complexity index is 643. The SMILES string of the molecule is Cc1cc(C)cc(COC(=O)c2ccc([N+](=O)[O-])s2)c1. The maximum atomic E-state index is 11.8. The van der Waals surface area contributed by atoms with Gasteiger partial charge in [0.05, 0.1) is 4.92 Å². The van der Waals surface area contributed by atoms with Crippen LogP contribution in [0.2, 0.25) is 0 Å². The highest BCUT2D eigenvalue weighted by Crippen LogP contribution is 2.24. The number of carbonyl (C=O) groups excluding carboxylic acids is 1. The van der Waals surface area contributed by atoms with Gasteiger partial charge in [-0.25, -0.2) is 4.79 Å². The van der Waals surface area contributed by atoms with Crippen LogP contribution in [0, 0.1) is 24.0 Å². The number of nitrogens with zero attached hydrogens (tertiary/aromatic N) is 1. The van der Waals surface area contributed by atoms with Gasteiger partial charge < -0.3 is 4.74 Å². The summed E-state index contributed by atoms with van der Waals surface area (Å²) < 4.78 is 5.17. The van der Waals surface area contributed by atoms with Crippen molar-refractivity contribution in [3.8, 4) is 0 Å². The lowest BCUT2D eigenvalue weighted by Gasteiger charge is -2.05. The van der Waals surface area contributed by atoms with E-state index in [0.29, 0.717) is 0 Å². The minimum absolute atomic E-state index is 0.0663. The molecular formula is C14H13NO4S. The number of nitro groups is 1. The molecule has 1 heterocycles. The molecule has 104 valence electrons. The van der Waals surface area contributed by atoms with Crippen molar-refractivity contribution in [2.45, 2.75) is 20.5 Å². The molecule has 6 heteroatoms. The zero-order valence-corrected chi connectivity index (χ0v) is 11.9. The van der Waals surface area contributed by atoms with Gasteiger partial charge in [-0.3, -0.25) is 10.1 Å². The second kappa shape index (κ2) is 5.83. The summed E-state index contributed by atoms with van der Waals surface area (Å²) in [6.07, 6.45) is 0. The van der Waals surface area contributed by atoms with E-state index in [-0.39, 0.29) is 16.5 Å². The van der Waals surface area contributed by atoms with Crippen molar-refractivity contribution in [1.29, 1.82) is 0 Å². The largest absolute Gasteiger partial charge is 0.457 e. The molecule has 0 aliphatic rings. The highest BCUT2D eigenvalue weighted by atomic mass is 32.1. The van der Waals surface area contributed by atoms with E-state index in [0.717, 1.165) is 28.0 Å². The van der Waals surface area contributed by atoms with Crippen LogP contribution in [-0.4, -0.2) is 10.9 Å². The Morgan fingerprint density at radius 1 is 1.25 bits per heavy atom. The van der Waals surface area contributed by atoms with Crippen molar-refractivity contribution in [3.63, 3.8) is 0 Å². The average Bonchev–Trinajstić information content (AvgIpc) is 2.84. The van der Waals surface area contributed by atoms with E-state index in [4.69, 9.17) is 4.74 Å². The second-order valence-corrected chi connectivity index (χ2v) is 5.53. The molecule has 0 unspecified atom stereocenters. The fourth-order valence-electron chi connectivity index (χ4n) is 1.91. The minimum Gasteiger partial charge on any atom is -0.457 e. The van der Waals surface area contributed by atoms with E-state index in [9.17, 15) is 14.9 Å². The van der Waals surface area contributed by atoms with Gasteiger partial charge in [0.25, 0.3) is 0 Å². The van der Waals surface area contributed by atoms with Gasteiger partial charge in [-0.2, -0.15) is 0 Å². The molecule has 2 aromatic rings. The maximum Gasteiger partial charge on any atom is 0.348 e. The lowest BCUT2D eigenvalue weighted by Crippen LogP contribution is -2.03. The van der Waals surface area contributed by atoms with E-state index >= 15 is 0 Å². The first-order valence-electron chi connectivity index (χ1n) is 5.94. The number of hydrogen-bond donors (Lipinski definition) is 0. The van der Waals surface area contributed by atoms with Crippen molar-refractivity contribution in [1.82, 2.24) is 0 Å². The number of carbonyl (C=O) groups is 1. The summed E-state index contributed by atoms with van der Waals surface area (Å²) in [6.45, 7) is 4.11. The molecule has 2 rings (SSSR count). The Balaban J connectivity index is 2.02. The van der Waals surface area contributed by atoms with Gasteiger partial charge >= 0.3 is 11.0 Å². The molecule has 0 aliphatic carbocycles. The Morgan fingerprint density at radius 3 is 2.45 bits per heavy atom. The number of rotatable bonds is 4. The van der Waals surface area contributed by atoms with Gasteiger partial charge in [0, 0.05) is 6.07 Å². The van der Waals surface area contributed by atoms with Crippen LogP contribution < -0.4 is 0 Å². The van der Waals surface area contributed by atoms with Crippen LogP contribution in [0.15, 0.2) is 30.3 Å². The number of ether oxygens (including phenoxy) is 1. The monoisotopic (exact) mass is 291 g/mol. The molecule has 0 spiro atoms. The lowest BCUT2D eigenvalue weighted by atomic mass is 10.1. The smallest absolute Gasteiger partial charge is 0.348 e. The van der Waals surface area contributed by atoms with Crippen molar-refractivity contribution >= 4 is 22.3 Å². The van der Waals surface area contributed by atoms with Gasteiger partial charge in [0.1, 0.15) is 11.5 Å². The van der Waals surface area contributed by atoms with Gasteiger partial charge in [-0.15, -0.1) is 0 Å². The van der Waals surface area contributed by atoms with Crippen LogP contribution in [-0.2, 0) is 11.3 Å². The average molecular weight is 291 g/mol. The Labute approximate surface area is 120 Å². The highest BCUT2D eigenvalue weighted by Gasteiger charge is 2.16.